The number of nitrogens with zero attached hydrogens (tertiary/aromatic N) is 2. The van der Waals surface area contributed by atoms with Crippen LogP contribution in [0.4, 0.5) is 13.2 Å². The van der Waals surface area contributed by atoms with Gasteiger partial charge in [-0.1, -0.05) is 11.6 Å². The molecule has 1 aromatic heterocycles. The van der Waals surface area contributed by atoms with Gasteiger partial charge in [0.1, 0.15) is 11.5 Å². The predicted octanol–water partition coefficient (Wildman–Crippen LogP) is 5.69. The van der Waals surface area contributed by atoms with Gasteiger partial charge in [0.25, 0.3) is 0 Å². The summed E-state index contributed by atoms with van der Waals surface area (Å²) in [6.07, 6.45) is 0.480. The predicted molar refractivity (Wildman–Crippen MR) is 114 cm³/mol. The second kappa shape index (κ2) is 9.53. The summed E-state index contributed by atoms with van der Waals surface area (Å²) < 4.78 is 49.9. The standard InChI is InChI=1S/C23H28ClF3N2O2/c1-30-18-8-12-29(13-9-18)17-6-10-28(11-7-17)15-19-3-5-22(31-19)20-4-2-16(14-21(20)24)23(25,26)27/h2-5,14,17-18H,6-13,15H2,1H3. The van der Waals surface area contributed by atoms with E-state index in [4.69, 9.17) is 20.8 Å². The van der Waals surface area contributed by atoms with Gasteiger partial charge in [-0.05, 0) is 56.0 Å². The van der Waals surface area contributed by atoms with E-state index in [0.717, 1.165) is 69.8 Å². The fourth-order valence-corrected chi connectivity index (χ4v) is 4.91. The van der Waals surface area contributed by atoms with E-state index in [0.29, 0.717) is 30.0 Å². The zero-order valence-corrected chi connectivity index (χ0v) is 18.4. The van der Waals surface area contributed by atoms with Crippen molar-refractivity contribution in [3.63, 3.8) is 0 Å². The SMILES string of the molecule is COC1CCN(C2CCN(Cc3ccc(-c4ccc(C(F)(F)F)cc4Cl)o3)CC2)CC1. The summed E-state index contributed by atoms with van der Waals surface area (Å²) in [4.78, 5) is 4.97. The van der Waals surface area contributed by atoms with E-state index < -0.39 is 11.7 Å². The number of hydrogen-bond donors (Lipinski definition) is 0. The number of methoxy groups -OCH3 is 1. The van der Waals surface area contributed by atoms with Crippen molar-refractivity contribution in [3.8, 4) is 11.3 Å². The Morgan fingerprint density at radius 1 is 1.03 bits per heavy atom. The lowest BCUT2D eigenvalue weighted by molar-refractivity contribution is -0.137. The van der Waals surface area contributed by atoms with Crippen LogP contribution in [0.15, 0.2) is 34.7 Å². The maximum Gasteiger partial charge on any atom is 0.416 e. The van der Waals surface area contributed by atoms with Gasteiger partial charge in [0.2, 0.25) is 0 Å². The molecule has 8 heteroatoms. The molecule has 2 saturated heterocycles. The van der Waals surface area contributed by atoms with E-state index >= 15 is 0 Å². The summed E-state index contributed by atoms with van der Waals surface area (Å²) in [5, 5.41) is 0.0359. The van der Waals surface area contributed by atoms with Gasteiger partial charge >= 0.3 is 6.18 Å². The van der Waals surface area contributed by atoms with Gasteiger partial charge in [-0.2, -0.15) is 13.2 Å². The third-order valence-corrected chi connectivity index (χ3v) is 6.80. The van der Waals surface area contributed by atoms with Crippen molar-refractivity contribution in [2.75, 3.05) is 33.3 Å². The van der Waals surface area contributed by atoms with Crippen LogP contribution in [0.2, 0.25) is 5.02 Å². The lowest BCUT2D eigenvalue weighted by Gasteiger charge is -2.41. The summed E-state index contributed by atoms with van der Waals surface area (Å²) in [5.74, 6) is 1.29. The van der Waals surface area contributed by atoms with Crippen molar-refractivity contribution in [2.45, 2.75) is 50.6 Å². The van der Waals surface area contributed by atoms with Crippen LogP contribution in [-0.2, 0) is 17.5 Å². The normalized spacial score (nSPS) is 20.4. The van der Waals surface area contributed by atoms with Crippen LogP contribution in [0, 0.1) is 0 Å². The molecule has 0 aliphatic carbocycles. The third-order valence-electron chi connectivity index (χ3n) is 6.49. The van der Waals surface area contributed by atoms with Crippen LogP contribution >= 0.6 is 11.6 Å². The van der Waals surface area contributed by atoms with Crippen molar-refractivity contribution >= 4 is 11.6 Å². The summed E-state index contributed by atoms with van der Waals surface area (Å²) in [6, 6.07) is 7.63. The fourth-order valence-electron chi connectivity index (χ4n) is 4.64. The van der Waals surface area contributed by atoms with Crippen LogP contribution in [0.3, 0.4) is 0 Å². The Morgan fingerprint density at radius 3 is 2.35 bits per heavy atom. The molecule has 0 saturated carbocycles. The van der Waals surface area contributed by atoms with E-state index in [1.165, 1.54) is 6.07 Å². The van der Waals surface area contributed by atoms with Crippen LogP contribution in [-0.4, -0.2) is 55.2 Å². The second-order valence-electron chi connectivity index (χ2n) is 8.44. The first kappa shape index (κ1) is 22.6. The molecule has 0 unspecified atom stereocenters. The van der Waals surface area contributed by atoms with Crippen molar-refractivity contribution in [1.29, 1.82) is 0 Å². The molecule has 0 atom stereocenters. The average Bonchev–Trinajstić information content (AvgIpc) is 3.22. The second-order valence-corrected chi connectivity index (χ2v) is 8.84. The zero-order valence-electron chi connectivity index (χ0n) is 17.6. The molecular formula is C23H28ClF3N2O2. The average molecular weight is 457 g/mol. The van der Waals surface area contributed by atoms with Gasteiger partial charge in [0.05, 0.1) is 23.2 Å². The Bertz CT molecular complexity index is 870. The molecule has 1 aromatic carbocycles. The van der Waals surface area contributed by atoms with Gasteiger partial charge in [0.15, 0.2) is 0 Å². The Hall–Kier alpha value is -1.54. The zero-order chi connectivity index (χ0) is 22.0. The fraction of sp³-hybridized carbons (Fsp3) is 0.565. The lowest BCUT2D eigenvalue weighted by atomic mass is 9.99. The third kappa shape index (κ3) is 5.45. The molecule has 3 heterocycles. The summed E-state index contributed by atoms with van der Waals surface area (Å²) >= 11 is 6.10. The maximum atomic E-state index is 12.9. The maximum absolute atomic E-state index is 12.9. The minimum absolute atomic E-state index is 0.0359. The quantitative estimate of drug-likeness (QED) is 0.577. The smallest absolute Gasteiger partial charge is 0.416 e. The van der Waals surface area contributed by atoms with Gasteiger partial charge in [-0.3, -0.25) is 4.90 Å². The molecule has 2 fully saturated rings. The number of ether oxygens (including phenoxy) is 1. The number of likely N-dealkylation sites (tertiary alicyclic amines) is 2. The molecule has 2 aliphatic rings. The van der Waals surface area contributed by atoms with Crippen LogP contribution in [0.25, 0.3) is 11.3 Å². The minimum atomic E-state index is -4.41. The molecule has 4 rings (SSSR count). The Morgan fingerprint density at radius 2 is 1.74 bits per heavy atom. The molecular weight excluding hydrogens is 429 g/mol. The summed E-state index contributed by atoms with van der Waals surface area (Å²) in [6.45, 7) is 4.92. The molecule has 4 nitrogen and oxygen atoms in total. The first-order valence-corrected chi connectivity index (χ1v) is 11.2. The molecule has 2 aromatic rings. The highest BCUT2D eigenvalue weighted by Crippen LogP contribution is 2.36. The molecule has 0 N–H and O–H groups in total. The number of halogens is 4. The summed E-state index contributed by atoms with van der Waals surface area (Å²) in [7, 11) is 1.80. The largest absolute Gasteiger partial charge is 0.460 e. The molecule has 170 valence electrons. The molecule has 0 bridgehead atoms. The number of hydrogen-bond acceptors (Lipinski definition) is 4. The number of alkyl halides is 3. The lowest BCUT2D eigenvalue weighted by Crippen LogP contribution is -2.48. The minimum Gasteiger partial charge on any atom is -0.460 e. The first-order valence-electron chi connectivity index (χ1n) is 10.8. The van der Waals surface area contributed by atoms with E-state index in [1.807, 2.05) is 6.07 Å². The topological polar surface area (TPSA) is 28.9 Å². The molecule has 0 spiro atoms. The van der Waals surface area contributed by atoms with Crippen molar-refractivity contribution in [2.24, 2.45) is 0 Å². The highest BCUT2D eigenvalue weighted by molar-refractivity contribution is 6.33. The molecule has 0 amide bonds. The van der Waals surface area contributed by atoms with Gasteiger partial charge < -0.3 is 14.1 Å². The van der Waals surface area contributed by atoms with Crippen molar-refractivity contribution < 1.29 is 22.3 Å². The number of rotatable bonds is 5. The van der Waals surface area contributed by atoms with Crippen molar-refractivity contribution in [3.05, 3.63) is 46.7 Å². The molecule has 31 heavy (non-hydrogen) atoms. The number of furan rings is 1. The summed E-state index contributed by atoms with van der Waals surface area (Å²) in [5.41, 5.74) is -0.290. The monoisotopic (exact) mass is 456 g/mol. The van der Waals surface area contributed by atoms with Crippen molar-refractivity contribution in [1.82, 2.24) is 9.80 Å². The number of benzene rings is 1. The number of piperidine rings is 2. The highest BCUT2D eigenvalue weighted by Gasteiger charge is 2.31. The Balaban J connectivity index is 1.31. The highest BCUT2D eigenvalue weighted by atomic mass is 35.5. The van der Waals surface area contributed by atoms with Crippen LogP contribution in [0.1, 0.15) is 37.0 Å². The van der Waals surface area contributed by atoms with E-state index in [9.17, 15) is 13.2 Å². The van der Waals surface area contributed by atoms with Crippen LogP contribution in [0.5, 0.6) is 0 Å². The van der Waals surface area contributed by atoms with E-state index in [-0.39, 0.29) is 5.02 Å². The van der Waals surface area contributed by atoms with Crippen LogP contribution < -0.4 is 0 Å². The van der Waals surface area contributed by atoms with Gasteiger partial charge in [0, 0.05) is 44.9 Å². The van der Waals surface area contributed by atoms with E-state index in [1.54, 1.807) is 13.2 Å². The Labute approximate surface area is 185 Å². The van der Waals surface area contributed by atoms with E-state index in [2.05, 4.69) is 9.80 Å². The molecule has 0 radical (unpaired) electrons. The van der Waals surface area contributed by atoms with Gasteiger partial charge in [-0.15, -0.1) is 0 Å². The van der Waals surface area contributed by atoms with Gasteiger partial charge in [-0.25, -0.2) is 0 Å². The molecule has 2 aliphatic heterocycles. The Kier molecular flexibility index (Phi) is 6.96. The first-order chi connectivity index (χ1) is 14.8.